The van der Waals surface area contributed by atoms with Crippen LogP contribution in [-0.4, -0.2) is 39.2 Å². The van der Waals surface area contributed by atoms with Gasteiger partial charge in [-0.2, -0.15) is 18.3 Å². The number of carbonyl (C=O) groups excluding carboxylic acids is 1. The highest BCUT2D eigenvalue weighted by molar-refractivity contribution is 5.88. The smallest absolute Gasteiger partial charge is 0.416 e. The first kappa shape index (κ1) is 23.2. The summed E-state index contributed by atoms with van der Waals surface area (Å²) in [5.41, 5.74) is 1.43. The molecule has 1 fully saturated rings. The number of aryl methyl sites for hydroxylation is 1. The highest BCUT2D eigenvalue weighted by Crippen LogP contribution is 2.33. The van der Waals surface area contributed by atoms with Crippen LogP contribution in [0.4, 0.5) is 23.8 Å². The Hall–Kier alpha value is -3.95. The molecule has 3 heterocycles. The number of ether oxygens (including phenoxy) is 1. The van der Waals surface area contributed by atoms with Crippen LogP contribution in [0.2, 0.25) is 0 Å². The molecule has 0 unspecified atom stereocenters. The molecule has 176 valence electrons. The van der Waals surface area contributed by atoms with E-state index in [1.54, 1.807) is 35.2 Å². The fourth-order valence-corrected chi connectivity index (χ4v) is 3.58. The number of halogens is 3. The third-order valence-electron chi connectivity index (χ3n) is 5.21. The number of amides is 2. The van der Waals surface area contributed by atoms with Crippen LogP contribution in [-0.2, 0) is 6.18 Å². The second kappa shape index (κ2) is 9.90. The number of urea groups is 1. The largest absolute Gasteiger partial charge is 0.439 e. The Morgan fingerprint density at radius 2 is 1.91 bits per heavy atom. The average Bonchev–Trinajstić information content (AvgIpc) is 2.79. The standard InChI is InChI=1S/C24H22F3N5O2/c1-16-12-19(24(25,26)27)15-22(29-16)34-20-5-2-4-18(14-20)13-17-7-10-32(11-8-17)23(33)30-21-6-3-9-28-31-21/h2-6,9,12-15H,7-8,10-11H2,1H3,(H,30,31,33). The highest BCUT2D eigenvalue weighted by Gasteiger charge is 2.31. The van der Waals surface area contributed by atoms with Crippen molar-refractivity contribution >= 4 is 17.9 Å². The Labute approximate surface area is 194 Å². The molecule has 1 aliphatic rings. The third-order valence-corrected chi connectivity index (χ3v) is 5.21. The van der Waals surface area contributed by atoms with Gasteiger partial charge in [0.1, 0.15) is 5.75 Å². The molecular weight excluding hydrogens is 447 g/mol. The fourth-order valence-electron chi connectivity index (χ4n) is 3.58. The molecule has 2 aromatic heterocycles. The van der Waals surface area contributed by atoms with Crippen molar-refractivity contribution in [3.05, 3.63) is 77.1 Å². The molecule has 10 heteroatoms. The molecule has 1 aliphatic heterocycles. The number of nitrogens with one attached hydrogen (secondary N) is 1. The van der Waals surface area contributed by atoms with Gasteiger partial charge in [0.05, 0.1) is 5.56 Å². The minimum absolute atomic E-state index is 0.112. The molecular formula is C24H22F3N5O2. The maximum atomic E-state index is 13.1. The minimum Gasteiger partial charge on any atom is -0.439 e. The Bertz CT molecular complexity index is 1190. The maximum absolute atomic E-state index is 13.1. The van der Waals surface area contributed by atoms with Crippen molar-refractivity contribution in [3.63, 3.8) is 0 Å². The Morgan fingerprint density at radius 3 is 2.62 bits per heavy atom. The molecule has 0 spiro atoms. The van der Waals surface area contributed by atoms with E-state index < -0.39 is 11.7 Å². The van der Waals surface area contributed by atoms with Crippen molar-refractivity contribution in [3.8, 4) is 11.6 Å². The molecule has 1 saturated heterocycles. The SMILES string of the molecule is Cc1cc(C(F)(F)F)cc(Oc2cccc(C=C3CCN(C(=O)Nc4cccnn4)CC3)c2)n1. The van der Waals surface area contributed by atoms with Gasteiger partial charge in [-0.05, 0) is 55.7 Å². The van der Waals surface area contributed by atoms with Gasteiger partial charge in [-0.15, -0.1) is 5.10 Å². The topological polar surface area (TPSA) is 80.2 Å². The van der Waals surface area contributed by atoms with Crippen LogP contribution in [0.1, 0.15) is 29.7 Å². The zero-order valence-electron chi connectivity index (χ0n) is 18.3. The minimum atomic E-state index is -4.47. The summed E-state index contributed by atoms with van der Waals surface area (Å²) in [7, 11) is 0. The molecule has 2 amide bonds. The third kappa shape index (κ3) is 6.09. The van der Waals surface area contributed by atoms with Crippen LogP contribution >= 0.6 is 0 Å². The van der Waals surface area contributed by atoms with Crippen LogP contribution in [0.15, 0.2) is 60.3 Å². The summed E-state index contributed by atoms with van der Waals surface area (Å²) < 4.78 is 44.8. The normalized spacial score (nSPS) is 14.0. The van der Waals surface area contributed by atoms with Crippen molar-refractivity contribution < 1.29 is 22.7 Å². The molecule has 3 aromatic rings. The van der Waals surface area contributed by atoms with E-state index in [0.29, 0.717) is 37.5 Å². The highest BCUT2D eigenvalue weighted by atomic mass is 19.4. The molecule has 0 bridgehead atoms. The van der Waals surface area contributed by atoms with Gasteiger partial charge in [0.2, 0.25) is 5.88 Å². The van der Waals surface area contributed by atoms with Crippen molar-refractivity contribution in [2.75, 3.05) is 18.4 Å². The van der Waals surface area contributed by atoms with Crippen molar-refractivity contribution in [2.24, 2.45) is 0 Å². The van der Waals surface area contributed by atoms with E-state index >= 15 is 0 Å². The summed E-state index contributed by atoms with van der Waals surface area (Å²) in [6, 6.07) is 12.1. The van der Waals surface area contributed by atoms with E-state index in [0.717, 1.165) is 23.3 Å². The van der Waals surface area contributed by atoms with E-state index in [1.165, 1.54) is 13.1 Å². The Morgan fingerprint density at radius 1 is 1.12 bits per heavy atom. The molecule has 4 rings (SSSR count). The van der Waals surface area contributed by atoms with Crippen LogP contribution in [0.25, 0.3) is 6.08 Å². The van der Waals surface area contributed by atoms with Crippen molar-refractivity contribution in [1.29, 1.82) is 0 Å². The summed E-state index contributed by atoms with van der Waals surface area (Å²) in [5, 5.41) is 10.3. The number of carbonyl (C=O) groups is 1. The molecule has 1 N–H and O–H groups in total. The number of pyridine rings is 1. The first-order valence-electron chi connectivity index (χ1n) is 10.6. The first-order valence-corrected chi connectivity index (χ1v) is 10.6. The number of benzene rings is 1. The number of piperidine rings is 1. The van der Waals surface area contributed by atoms with Gasteiger partial charge in [0.15, 0.2) is 5.82 Å². The van der Waals surface area contributed by atoms with Gasteiger partial charge in [-0.25, -0.2) is 9.78 Å². The van der Waals surface area contributed by atoms with Crippen molar-refractivity contribution in [2.45, 2.75) is 25.9 Å². The second-order valence-electron chi connectivity index (χ2n) is 7.84. The summed E-state index contributed by atoms with van der Waals surface area (Å²) in [5.74, 6) is 0.678. The monoisotopic (exact) mass is 469 g/mol. The van der Waals surface area contributed by atoms with E-state index in [9.17, 15) is 18.0 Å². The lowest BCUT2D eigenvalue weighted by molar-refractivity contribution is -0.137. The molecule has 0 radical (unpaired) electrons. The number of alkyl halides is 3. The number of aromatic nitrogens is 3. The lowest BCUT2D eigenvalue weighted by Gasteiger charge is -2.28. The lowest BCUT2D eigenvalue weighted by atomic mass is 10.0. The van der Waals surface area contributed by atoms with Gasteiger partial charge in [-0.3, -0.25) is 5.32 Å². The number of hydrogen-bond donors (Lipinski definition) is 1. The predicted octanol–water partition coefficient (Wildman–Crippen LogP) is 5.70. The predicted molar refractivity (Wildman–Crippen MR) is 120 cm³/mol. The first-order chi connectivity index (χ1) is 16.3. The van der Waals surface area contributed by atoms with Gasteiger partial charge < -0.3 is 9.64 Å². The van der Waals surface area contributed by atoms with E-state index in [1.807, 2.05) is 12.1 Å². The number of rotatable bonds is 4. The number of likely N-dealkylation sites (tertiary alicyclic amines) is 1. The van der Waals surface area contributed by atoms with Crippen LogP contribution in [0.5, 0.6) is 11.6 Å². The fraction of sp³-hybridized carbons (Fsp3) is 0.250. The van der Waals surface area contributed by atoms with Crippen LogP contribution < -0.4 is 10.1 Å². The molecule has 0 atom stereocenters. The van der Waals surface area contributed by atoms with E-state index in [4.69, 9.17) is 4.74 Å². The van der Waals surface area contributed by atoms with E-state index in [-0.39, 0.29) is 17.6 Å². The lowest BCUT2D eigenvalue weighted by Crippen LogP contribution is -2.39. The quantitative estimate of drug-likeness (QED) is 0.530. The molecule has 7 nitrogen and oxygen atoms in total. The summed E-state index contributed by atoms with van der Waals surface area (Å²) >= 11 is 0. The number of hydrogen-bond acceptors (Lipinski definition) is 5. The number of nitrogens with zero attached hydrogens (tertiary/aromatic N) is 4. The summed E-state index contributed by atoms with van der Waals surface area (Å²) in [6.45, 7) is 2.60. The maximum Gasteiger partial charge on any atom is 0.416 e. The van der Waals surface area contributed by atoms with Gasteiger partial charge in [0, 0.05) is 31.0 Å². The van der Waals surface area contributed by atoms with Crippen LogP contribution in [0.3, 0.4) is 0 Å². The second-order valence-corrected chi connectivity index (χ2v) is 7.84. The summed E-state index contributed by atoms with van der Waals surface area (Å²) in [4.78, 5) is 18.2. The van der Waals surface area contributed by atoms with Crippen LogP contribution in [0, 0.1) is 6.92 Å². The molecule has 34 heavy (non-hydrogen) atoms. The zero-order valence-corrected chi connectivity index (χ0v) is 18.3. The summed E-state index contributed by atoms with van der Waals surface area (Å²) in [6.07, 6.45) is 0.472. The average molecular weight is 469 g/mol. The number of anilines is 1. The van der Waals surface area contributed by atoms with Gasteiger partial charge >= 0.3 is 12.2 Å². The Kier molecular flexibility index (Phi) is 6.76. The van der Waals surface area contributed by atoms with Crippen molar-refractivity contribution in [1.82, 2.24) is 20.1 Å². The van der Waals surface area contributed by atoms with E-state index in [2.05, 4.69) is 20.5 Å². The molecule has 1 aromatic carbocycles. The van der Waals surface area contributed by atoms with Gasteiger partial charge in [0.25, 0.3) is 0 Å². The van der Waals surface area contributed by atoms with Gasteiger partial charge in [-0.1, -0.05) is 23.8 Å². The zero-order chi connectivity index (χ0) is 24.1. The Balaban J connectivity index is 1.39. The molecule has 0 saturated carbocycles. The molecule has 0 aliphatic carbocycles.